The van der Waals surface area contributed by atoms with Crippen LogP contribution in [0.15, 0.2) is 4.42 Å². The number of carbonyl (C=O) groups excluding carboxylic acids is 2. The first kappa shape index (κ1) is 11.3. The highest BCUT2D eigenvalue weighted by molar-refractivity contribution is 5.90. The van der Waals surface area contributed by atoms with Crippen LogP contribution in [-0.4, -0.2) is 11.9 Å². The van der Waals surface area contributed by atoms with E-state index in [2.05, 4.69) is 0 Å². The van der Waals surface area contributed by atoms with E-state index in [1.807, 2.05) is 0 Å². The molecule has 0 aliphatic heterocycles. The first-order valence-electron chi connectivity index (χ1n) is 4.60. The Bertz CT molecular complexity index is 366. The average Bonchev–Trinajstić information content (AvgIpc) is 2.55. The number of hydrogen-bond donors (Lipinski definition) is 0. The standard InChI is InChI=1S/C10H12O5/c1-3-5-6(4-2)8(10(13)14)15-7(5)9(11)12/h3-4H2,1-2H3,(H,11,12)(H,13,14)/p-2. The molecule has 1 rings (SSSR count). The van der Waals surface area contributed by atoms with E-state index in [4.69, 9.17) is 4.42 Å². The topological polar surface area (TPSA) is 93.4 Å². The summed E-state index contributed by atoms with van der Waals surface area (Å²) >= 11 is 0. The maximum Gasteiger partial charge on any atom is 0.153 e. The molecule has 0 aromatic carbocycles. The largest absolute Gasteiger partial charge is 0.542 e. The van der Waals surface area contributed by atoms with Crippen LogP contribution in [0.2, 0.25) is 0 Å². The molecule has 0 N–H and O–H groups in total. The Labute approximate surface area is 86.3 Å². The smallest absolute Gasteiger partial charge is 0.153 e. The molecule has 0 aliphatic carbocycles. The number of hydrogen-bond acceptors (Lipinski definition) is 5. The van der Waals surface area contributed by atoms with Crippen LogP contribution in [0, 0.1) is 0 Å². The van der Waals surface area contributed by atoms with Crippen molar-refractivity contribution in [2.45, 2.75) is 26.7 Å². The molecular formula is C10H10O5-2. The molecule has 1 aromatic rings. The maximum atomic E-state index is 10.7. The number of carboxylic acid groups (broad SMARTS) is 2. The third-order valence-corrected chi connectivity index (χ3v) is 2.19. The molecule has 0 spiro atoms. The van der Waals surface area contributed by atoms with Gasteiger partial charge < -0.3 is 24.2 Å². The Morgan fingerprint density at radius 3 is 1.53 bits per heavy atom. The average molecular weight is 210 g/mol. The van der Waals surface area contributed by atoms with Gasteiger partial charge in [-0.1, -0.05) is 13.8 Å². The summed E-state index contributed by atoms with van der Waals surface area (Å²) in [5.41, 5.74) is 0.744. The molecule has 0 radical (unpaired) electrons. The second-order valence-corrected chi connectivity index (χ2v) is 3.00. The summed E-state index contributed by atoms with van der Waals surface area (Å²) in [7, 11) is 0. The summed E-state index contributed by atoms with van der Waals surface area (Å²) in [6.45, 7) is 3.44. The summed E-state index contributed by atoms with van der Waals surface area (Å²) in [6, 6.07) is 0. The van der Waals surface area contributed by atoms with Crippen LogP contribution < -0.4 is 10.2 Å². The third kappa shape index (κ3) is 1.86. The monoisotopic (exact) mass is 210 g/mol. The number of rotatable bonds is 4. The minimum absolute atomic E-state index is 0.372. The predicted molar refractivity (Wildman–Crippen MR) is 46.1 cm³/mol. The molecule has 0 amide bonds. The number of furan rings is 1. The molecule has 1 heterocycles. The molecular weight excluding hydrogens is 200 g/mol. The minimum atomic E-state index is -1.51. The molecule has 0 saturated carbocycles. The molecule has 5 heteroatoms. The Kier molecular flexibility index (Phi) is 3.14. The van der Waals surface area contributed by atoms with E-state index in [1.54, 1.807) is 13.8 Å². The van der Waals surface area contributed by atoms with E-state index in [1.165, 1.54) is 0 Å². The zero-order chi connectivity index (χ0) is 11.6. The van der Waals surface area contributed by atoms with Crippen molar-refractivity contribution in [2.75, 3.05) is 0 Å². The Balaban J connectivity index is 3.44. The van der Waals surface area contributed by atoms with Crippen molar-refractivity contribution in [2.24, 2.45) is 0 Å². The Hall–Kier alpha value is -1.78. The minimum Gasteiger partial charge on any atom is -0.542 e. The summed E-state index contributed by atoms with van der Waals surface area (Å²) in [5.74, 6) is -3.83. The molecule has 0 atom stereocenters. The van der Waals surface area contributed by atoms with E-state index >= 15 is 0 Å². The van der Waals surface area contributed by atoms with Gasteiger partial charge in [-0.2, -0.15) is 0 Å². The lowest BCUT2D eigenvalue weighted by atomic mass is 10.0. The van der Waals surface area contributed by atoms with E-state index in [0.29, 0.717) is 24.0 Å². The van der Waals surface area contributed by atoms with Gasteiger partial charge in [-0.05, 0) is 12.8 Å². The number of carboxylic acids is 2. The Morgan fingerprint density at radius 1 is 1.00 bits per heavy atom. The Morgan fingerprint density at radius 2 is 1.33 bits per heavy atom. The van der Waals surface area contributed by atoms with Crippen LogP contribution in [0.3, 0.4) is 0 Å². The molecule has 5 nitrogen and oxygen atoms in total. The lowest BCUT2D eigenvalue weighted by molar-refractivity contribution is -0.258. The van der Waals surface area contributed by atoms with Crippen molar-refractivity contribution in [3.8, 4) is 0 Å². The SMILES string of the molecule is CCc1c(C(=O)[O-])oc(C(=O)[O-])c1CC. The van der Waals surface area contributed by atoms with Gasteiger partial charge in [-0.25, -0.2) is 0 Å². The van der Waals surface area contributed by atoms with Gasteiger partial charge in [0.1, 0.15) is 11.9 Å². The first-order valence-corrected chi connectivity index (χ1v) is 4.60. The van der Waals surface area contributed by atoms with E-state index in [-0.39, 0.29) is 0 Å². The molecule has 0 fully saturated rings. The van der Waals surface area contributed by atoms with E-state index in [9.17, 15) is 19.8 Å². The van der Waals surface area contributed by atoms with Crippen LogP contribution in [0.4, 0.5) is 0 Å². The first-order chi connectivity index (χ1) is 7.02. The number of carbonyl (C=O) groups is 2. The van der Waals surface area contributed by atoms with Gasteiger partial charge in [-0.15, -0.1) is 0 Å². The predicted octanol–water partition coefficient (Wildman–Crippen LogP) is -0.869. The fourth-order valence-corrected chi connectivity index (χ4v) is 1.58. The second kappa shape index (κ2) is 4.16. The molecule has 15 heavy (non-hydrogen) atoms. The quantitative estimate of drug-likeness (QED) is 0.644. The van der Waals surface area contributed by atoms with Crippen LogP contribution in [0.25, 0.3) is 0 Å². The highest BCUT2D eigenvalue weighted by atomic mass is 16.4. The number of aromatic carboxylic acids is 2. The summed E-state index contributed by atoms with van der Waals surface area (Å²) < 4.78 is 4.73. The summed E-state index contributed by atoms with van der Waals surface area (Å²) in [4.78, 5) is 21.3. The molecule has 0 unspecified atom stereocenters. The van der Waals surface area contributed by atoms with Gasteiger partial charge in [0.05, 0.1) is 0 Å². The van der Waals surface area contributed by atoms with Crippen LogP contribution in [-0.2, 0) is 12.8 Å². The molecule has 0 aliphatic rings. The van der Waals surface area contributed by atoms with Crippen molar-refractivity contribution in [3.05, 3.63) is 22.6 Å². The van der Waals surface area contributed by atoms with Crippen molar-refractivity contribution in [3.63, 3.8) is 0 Å². The zero-order valence-corrected chi connectivity index (χ0v) is 8.46. The van der Waals surface area contributed by atoms with Gasteiger partial charge in [0.2, 0.25) is 0 Å². The molecule has 0 bridgehead atoms. The maximum absolute atomic E-state index is 10.7. The fourth-order valence-electron chi connectivity index (χ4n) is 1.58. The second-order valence-electron chi connectivity index (χ2n) is 3.00. The lowest BCUT2D eigenvalue weighted by Gasteiger charge is -2.02. The van der Waals surface area contributed by atoms with E-state index in [0.717, 1.165) is 0 Å². The van der Waals surface area contributed by atoms with Gasteiger partial charge in [-0.3, -0.25) is 0 Å². The molecule has 0 saturated heterocycles. The van der Waals surface area contributed by atoms with Gasteiger partial charge in [0.25, 0.3) is 0 Å². The van der Waals surface area contributed by atoms with Gasteiger partial charge in [0.15, 0.2) is 11.5 Å². The molecule has 1 aromatic heterocycles. The molecule has 82 valence electrons. The van der Waals surface area contributed by atoms with Crippen molar-refractivity contribution >= 4 is 11.9 Å². The van der Waals surface area contributed by atoms with Crippen LogP contribution in [0.1, 0.15) is 46.1 Å². The van der Waals surface area contributed by atoms with Crippen molar-refractivity contribution < 1.29 is 24.2 Å². The van der Waals surface area contributed by atoms with Gasteiger partial charge in [0, 0.05) is 11.1 Å². The highest BCUT2D eigenvalue weighted by Crippen LogP contribution is 2.23. The van der Waals surface area contributed by atoms with Gasteiger partial charge >= 0.3 is 0 Å². The van der Waals surface area contributed by atoms with Crippen LogP contribution in [0.5, 0.6) is 0 Å². The highest BCUT2D eigenvalue weighted by Gasteiger charge is 2.18. The third-order valence-electron chi connectivity index (χ3n) is 2.19. The summed E-state index contributed by atoms with van der Waals surface area (Å²) in [6.07, 6.45) is 0.756. The van der Waals surface area contributed by atoms with Crippen molar-refractivity contribution in [1.29, 1.82) is 0 Å². The summed E-state index contributed by atoms with van der Waals surface area (Å²) in [5, 5.41) is 21.3. The zero-order valence-electron chi connectivity index (χ0n) is 8.46. The lowest BCUT2D eigenvalue weighted by Crippen LogP contribution is -2.23. The normalized spacial score (nSPS) is 10.3. The fraction of sp³-hybridized carbons (Fsp3) is 0.400. The van der Waals surface area contributed by atoms with Crippen LogP contribution >= 0.6 is 0 Å². The van der Waals surface area contributed by atoms with E-state index < -0.39 is 23.5 Å². The van der Waals surface area contributed by atoms with Crippen molar-refractivity contribution in [1.82, 2.24) is 0 Å².